The Labute approximate surface area is 214 Å². The number of carboxylic acids is 1. The molecule has 3 aromatic carbocycles. The van der Waals surface area contributed by atoms with Crippen LogP contribution in [0.25, 0.3) is 22.6 Å². The quantitative estimate of drug-likeness (QED) is 0.258. The lowest BCUT2D eigenvalue weighted by Gasteiger charge is -2.10. The van der Waals surface area contributed by atoms with Gasteiger partial charge in [-0.15, -0.1) is 0 Å². The summed E-state index contributed by atoms with van der Waals surface area (Å²) in [5.41, 5.74) is 7.55. The molecule has 5 rings (SSSR count). The van der Waals surface area contributed by atoms with Crippen molar-refractivity contribution in [2.75, 3.05) is 6.61 Å². The highest BCUT2D eigenvalue weighted by Crippen LogP contribution is 2.37. The van der Waals surface area contributed by atoms with E-state index in [4.69, 9.17) is 14.3 Å². The number of fused-ring (bicyclic) bond motifs is 1. The fourth-order valence-corrected chi connectivity index (χ4v) is 4.84. The number of rotatable bonds is 9. The number of nitrogens with zero attached hydrogens (tertiary/aromatic N) is 1. The third-order valence-electron chi connectivity index (χ3n) is 6.73. The van der Waals surface area contributed by atoms with E-state index >= 15 is 0 Å². The number of oxazole rings is 1. The molecule has 0 spiro atoms. The van der Waals surface area contributed by atoms with Gasteiger partial charge in [0.25, 0.3) is 0 Å². The van der Waals surface area contributed by atoms with Crippen LogP contribution in [0.3, 0.4) is 0 Å². The number of aliphatic carboxylic acids is 1. The molecule has 1 aromatic heterocycles. The van der Waals surface area contributed by atoms with Crippen LogP contribution >= 0.6 is 0 Å². The second-order valence-electron chi connectivity index (χ2n) is 9.14. The molecular formula is C29H30N2O6. The van der Waals surface area contributed by atoms with Gasteiger partial charge >= 0.3 is 5.97 Å². The Morgan fingerprint density at radius 3 is 2.65 bits per heavy atom. The highest BCUT2D eigenvalue weighted by atomic mass is 16.5. The first-order valence-electron chi connectivity index (χ1n) is 12.1. The van der Waals surface area contributed by atoms with Gasteiger partial charge in [-0.25, -0.2) is 4.98 Å². The van der Waals surface area contributed by atoms with E-state index in [0.717, 1.165) is 57.8 Å². The highest BCUT2D eigenvalue weighted by molar-refractivity contribution is 5.69. The number of ether oxygens (including phenoxy) is 1. The summed E-state index contributed by atoms with van der Waals surface area (Å²) < 4.78 is 11.9. The molecule has 0 fully saturated rings. The molecule has 1 aliphatic carbocycles. The van der Waals surface area contributed by atoms with Crippen LogP contribution in [0.2, 0.25) is 0 Å². The standard InChI is InChI=1S/C29H28N2O5.H2O/c1-18-27(13-14-35-25-11-12-26-22(16-25)9-10-23(26)17-28(32)33)30-29(36-18)20-7-5-19(6-8-20)21-3-2-4-24(15-21)31-34;/h2-8,11-12,15-16,23H,9-10,13-14,17,31H2,1H3,(H,32,33);1H2/t23-;/m0./s1. The molecule has 0 bridgehead atoms. The zero-order valence-corrected chi connectivity index (χ0v) is 20.6. The molecule has 4 aromatic rings. The molecule has 192 valence electrons. The van der Waals surface area contributed by atoms with Crippen LogP contribution in [0, 0.1) is 12.1 Å². The molecule has 0 amide bonds. The fourth-order valence-electron chi connectivity index (χ4n) is 4.84. The van der Waals surface area contributed by atoms with E-state index in [2.05, 4.69) is 4.98 Å². The number of aromatic nitrogens is 1. The van der Waals surface area contributed by atoms with E-state index in [1.54, 1.807) is 6.07 Å². The maximum absolute atomic E-state index is 11.1. The van der Waals surface area contributed by atoms with Gasteiger partial charge in [-0.05, 0) is 78.3 Å². The van der Waals surface area contributed by atoms with Gasteiger partial charge in [0.1, 0.15) is 17.2 Å². The summed E-state index contributed by atoms with van der Waals surface area (Å²) in [4.78, 5) is 15.8. The van der Waals surface area contributed by atoms with Crippen LogP contribution in [0.4, 0.5) is 5.69 Å². The van der Waals surface area contributed by atoms with Crippen molar-refractivity contribution in [2.45, 2.75) is 38.5 Å². The van der Waals surface area contributed by atoms with Gasteiger partial charge in [0.05, 0.1) is 18.7 Å². The smallest absolute Gasteiger partial charge is 0.303 e. The maximum atomic E-state index is 11.1. The second kappa shape index (κ2) is 11.4. The van der Waals surface area contributed by atoms with Crippen molar-refractivity contribution >= 4 is 11.7 Å². The SMILES string of the molecule is Cc1oc(-c2ccc(-c3cccc([NH2+][O-])c3)cc2)nc1CCOc1ccc2c(c1)CC[C@H]2CC(=O)O.O. The normalized spacial score (nSPS) is 14.2. The van der Waals surface area contributed by atoms with E-state index < -0.39 is 5.97 Å². The van der Waals surface area contributed by atoms with E-state index in [1.807, 2.05) is 67.6 Å². The van der Waals surface area contributed by atoms with Crippen molar-refractivity contribution in [1.29, 1.82) is 0 Å². The minimum atomic E-state index is -0.754. The largest absolute Gasteiger partial charge is 0.630 e. The molecule has 0 saturated heterocycles. The number of aryl methyl sites for hydroxylation is 2. The molecule has 5 N–H and O–H groups in total. The van der Waals surface area contributed by atoms with Crippen LogP contribution in [0.1, 0.15) is 41.3 Å². The van der Waals surface area contributed by atoms with Gasteiger partial charge in [0, 0.05) is 18.1 Å². The average Bonchev–Trinajstić information content (AvgIpc) is 3.46. The molecular weight excluding hydrogens is 472 g/mol. The summed E-state index contributed by atoms with van der Waals surface area (Å²) in [5.74, 6) is 1.47. The van der Waals surface area contributed by atoms with E-state index in [0.29, 0.717) is 24.6 Å². The summed E-state index contributed by atoms with van der Waals surface area (Å²) in [6.45, 7) is 2.37. The molecule has 1 atom stereocenters. The van der Waals surface area contributed by atoms with Crippen molar-refractivity contribution in [3.05, 3.63) is 94.5 Å². The molecule has 0 saturated carbocycles. The average molecular weight is 503 g/mol. The minimum Gasteiger partial charge on any atom is -0.630 e. The second-order valence-corrected chi connectivity index (χ2v) is 9.14. The lowest BCUT2D eigenvalue weighted by atomic mass is 9.98. The summed E-state index contributed by atoms with van der Waals surface area (Å²) in [7, 11) is 0. The third kappa shape index (κ3) is 5.89. The lowest BCUT2D eigenvalue weighted by Crippen LogP contribution is -2.70. The Morgan fingerprint density at radius 1 is 1.11 bits per heavy atom. The minimum absolute atomic E-state index is 0. The van der Waals surface area contributed by atoms with Crippen molar-refractivity contribution in [2.24, 2.45) is 0 Å². The van der Waals surface area contributed by atoms with Crippen LogP contribution in [-0.2, 0) is 17.6 Å². The van der Waals surface area contributed by atoms with Crippen molar-refractivity contribution in [1.82, 2.24) is 4.98 Å². The van der Waals surface area contributed by atoms with E-state index in [1.165, 1.54) is 5.56 Å². The first-order valence-corrected chi connectivity index (χ1v) is 12.1. The third-order valence-corrected chi connectivity index (χ3v) is 6.73. The molecule has 0 aliphatic heterocycles. The first-order chi connectivity index (χ1) is 17.5. The molecule has 0 unspecified atom stereocenters. The van der Waals surface area contributed by atoms with Crippen molar-refractivity contribution < 1.29 is 30.0 Å². The van der Waals surface area contributed by atoms with Crippen LogP contribution in [0.15, 0.2) is 71.1 Å². The Kier molecular flexibility index (Phi) is 8.03. The number of carboxylic acid groups (broad SMARTS) is 1. The summed E-state index contributed by atoms with van der Waals surface area (Å²) in [6.07, 6.45) is 2.55. The van der Waals surface area contributed by atoms with Crippen LogP contribution in [-0.4, -0.2) is 28.1 Å². The fraction of sp³-hybridized carbons (Fsp3) is 0.241. The van der Waals surface area contributed by atoms with Gasteiger partial charge < -0.3 is 30.4 Å². The Balaban J connectivity index is 0.00000320. The topological polar surface area (TPSA) is 144 Å². The molecule has 37 heavy (non-hydrogen) atoms. The van der Waals surface area contributed by atoms with Gasteiger partial charge in [-0.1, -0.05) is 30.3 Å². The Hall–Kier alpha value is -3.98. The van der Waals surface area contributed by atoms with E-state index in [-0.39, 0.29) is 17.8 Å². The van der Waals surface area contributed by atoms with Gasteiger partial charge in [0.15, 0.2) is 0 Å². The Bertz CT molecular complexity index is 1380. The zero-order valence-electron chi connectivity index (χ0n) is 20.6. The van der Waals surface area contributed by atoms with Gasteiger partial charge in [0.2, 0.25) is 5.89 Å². The predicted molar refractivity (Wildman–Crippen MR) is 140 cm³/mol. The highest BCUT2D eigenvalue weighted by Gasteiger charge is 2.25. The number of benzene rings is 3. The first kappa shape index (κ1) is 26.1. The number of hydrogen-bond acceptors (Lipinski definition) is 5. The van der Waals surface area contributed by atoms with Gasteiger partial charge in [-0.3, -0.25) is 4.79 Å². The zero-order chi connectivity index (χ0) is 25.1. The summed E-state index contributed by atoms with van der Waals surface area (Å²) >= 11 is 0. The molecule has 1 aliphatic rings. The molecule has 0 radical (unpaired) electrons. The van der Waals surface area contributed by atoms with Gasteiger partial charge in [-0.2, -0.15) is 0 Å². The monoisotopic (exact) mass is 502 g/mol. The van der Waals surface area contributed by atoms with Crippen LogP contribution < -0.4 is 10.2 Å². The number of quaternary nitrogens is 1. The summed E-state index contributed by atoms with van der Waals surface area (Å²) in [5, 5.41) is 20.2. The number of hydrogen-bond donors (Lipinski definition) is 2. The number of carbonyl (C=O) groups is 1. The molecule has 1 heterocycles. The van der Waals surface area contributed by atoms with Crippen molar-refractivity contribution in [3.63, 3.8) is 0 Å². The Morgan fingerprint density at radius 2 is 1.89 bits per heavy atom. The predicted octanol–water partition coefficient (Wildman–Crippen LogP) is 4.31. The van der Waals surface area contributed by atoms with E-state index in [9.17, 15) is 10.0 Å². The lowest BCUT2D eigenvalue weighted by molar-refractivity contribution is -0.497. The van der Waals surface area contributed by atoms with Crippen LogP contribution in [0.5, 0.6) is 5.75 Å². The molecule has 8 heteroatoms. The van der Waals surface area contributed by atoms with Crippen molar-refractivity contribution in [3.8, 4) is 28.3 Å². The maximum Gasteiger partial charge on any atom is 0.303 e. The number of nitrogens with two attached hydrogens (primary N) is 1. The molecule has 8 nitrogen and oxygen atoms in total. The summed E-state index contributed by atoms with van der Waals surface area (Å²) in [6, 6.07) is 21.4.